The van der Waals surface area contributed by atoms with Crippen molar-refractivity contribution >= 4 is 11.7 Å². The first-order valence-corrected chi connectivity index (χ1v) is 8.74. The number of anilines is 1. The number of piperazine rings is 1. The van der Waals surface area contributed by atoms with Crippen molar-refractivity contribution in [3.8, 4) is 11.5 Å². The number of hydrogen-bond donors (Lipinski definition) is 0. The van der Waals surface area contributed by atoms with Crippen LogP contribution < -0.4 is 4.90 Å². The summed E-state index contributed by atoms with van der Waals surface area (Å²) < 4.78 is 5.33. The van der Waals surface area contributed by atoms with Gasteiger partial charge >= 0.3 is 0 Å². The third kappa shape index (κ3) is 3.59. The number of nitrogens with zero attached hydrogens (tertiary/aromatic N) is 4. The van der Waals surface area contributed by atoms with Gasteiger partial charge in [-0.3, -0.25) is 4.79 Å². The molecule has 1 saturated heterocycles. The van der Waals surface area contributed by atoms with Crippen LogP contribution >= 0.6 is 0 Å². The van der Waals surface area contributed by atoms with Crippen molar-refractivity contribution in [2.75, 3.05) is 31.1 Å². The topological polar surface area (TPSA) is 62.5 Å². The Balaban J connectivity index is 1.34. The molecule has 1 aliphatic heterocycles. The highest BCUT2D eigenvalue weighted by molar-refractivity contribution is 5.79. The van der Waals surface area contributed by atoms with E-state index in [0.29, 0.717) is 25.3 Å². The van der Waals surface area contributed by atoms with E-state index >= 15 is 0 Å². The monoisotopic (exact) mass is 348 g/mol. The van der Waals surface area contributed by atoms with Gasteiger partial charge in [0.25, 0.3) is 0 Å². The molecule has 1 amide bonds. The van der Waals surface area contributed by atoms with Crippen LogP contribution in [0.15, 0.2) is 65.3 Å². The van der Waals surface area contributed by atoms with Crippen LogP contribution in [0.4, 0.5) is 5.82 Å². The van der Waals surface area contributed by atoms with E-state index < -0.39 is 0 Å². The highest BCUT2D eigenvalue weighted by Gasteiger charge is 2.22. The van der Waals surface area contributed by atoms with Gasteiger partial charge in [-0.2, -0.15) is 0 Å². The van der Waals surface area contributed by atoms with Crippen molar-refractivity contribution in [2.24, 2.45) is 0 Å². The predicted molar refractivity (Wildman–Crippen MR) is 98.7 cm³/mol. The molecule has 3 heterocycles. The summed E-state index contributed by atoms with van der Waals surface area (Å²) >= 11 is 0. The summed E-state index contributed by atoms with van der Waals surface area (Å²) in [7, 11) is 0. The maximum atomic E-state index is 12.5. The number of aromatic nitrogens is 2. The van der Waals surface area contributed by atoms with Crippen molar-refractivity contribution in [1.29, 1.82) is 0 Å². The van der Waals surface area contributed by atoms with Crippen molar-refractivity contribution < 1.29 is 9.21 Å². The van der Waals surface area contributed by atoms with Gasteiger partial charge in [0.2, 0.25) is 5.91 Å². The van der Waals surface area contributed by atoms with Gasteiger partial charge in [0.1, 0.15) is 5.69 Å². The summed E-state index contributed by atoms with van der Waals surface area (Å²) in [6, 6.07) is 17.4. The van der Waals surface area contributed by atoms with Gasteiger partial charge in [0.15, 0.2) is 11.6 Å². The molecular formula is C20H20N4O2. The Labute approximate surface area is 152 Å². The minimum absolute atomic E-state index is 0.176. The lowest BCUT2D eigenvalue weighted by molar-refractivity contribution is -0.130. The molecule has 26 heavy (non-hydrogen) atoms. The summed E-state index contributed by atoms with van der Waals surface area (Å²) in [6.45, 7) is 2.92. The van der Waals surface area contributed by atoms with E-state index in [1.54, 1.807) is 6.26 Å². The van der Waals surface area contributed by atoms with Gasteiger partial charge in [-0.15, -0.1) is 10.2 Å². The van der Waals surface area contributed by atoms with Crippen LogP contribution in [0.3, 0.4) is 0 Å². The Bertz CT molecular complexity index is 839. The van der Waals surface area contributed by atoms with Gasteiger partial charge in [0.05, 0.1) is 12.7 Å². The molecule has 0 unspecified atom stereocenters. The SMILES string of the molecule is O=C(Cc1ccccc1)N1CCN(c2ccc(-c3ccco3)nn2)CC1. The molecule has 0 aliphatic carbocycles. The largest absolute Gasteiger partial charge is 0.463 e. The number of benzene rings is 1. The zero-order valence-corrected chi connectivity index (χ0v) is 14.4. The zero-order chi connectivity index (χ0) is 17.8. The van der Waals surface area contributed by atoms with Crippen molar-refractivity contribution in [1.82, 2.24) is 15.1 Å². The van der Waals surface area contributed by atoms with Crippen LogP contribution in [0.25, 0.3) is 11.5 Å². The Hall–Kier alpha value is -3.15. The number of hydrogen-bond acceptors (Lipinski definition) is 5. The molecule has 3 aromatic rings. The molecule has 0 atom stereocenters. The van der Waals surface area contributed by atoms with Gasteiger partial charge in [-0.25, -0.2) is 0 Å². The second-order valence-corrected chi connectivity index (χ2v) is 6.28. The molecule has 1 aliphatic rings. The Morgan fingerprint density at radius 1 is 0.923 bits per heavy atom. The van der Waals surface area contributed by atoms with Gasteiger partial charge < -0.3 is 14.2 Å². The average molecular weight is 348 g/mol. The molecule has 1 fully saturated rings. The average Bonchev–Trinajstić information content (AvgIpc) is 3.24. The molecule has 0 radical (unpaired) electrons. The van der Waals surface area contributed by atoms with Crippen LogP contribution in [0.1, 0.15) is 5.56 Å². The van der Waals surface area contributed by atoms with E-state index in [2.05, 4.69) is 15.1 Å². The summed E-state index contributed by atoms with van der Waals surface area (Å²) in [6.07, 6.45) is 2.08. The van der Waals surface area contributed by atoms with Crippen LogP contribution in [-0.2, 0) is 11.2 Å². The minimum Gasteiger partial charge on any atom is -0.463 e. The smallest absolute Gasteiger partial charge is 0.227 e. The van der Waals surface area contributed by atoms with Crippen LogP contribution in [0, 0.1) is 0 Å². The highest BCUT2D eigenvalue weighted by atomic mass is 16.3. The molecule has 6 heteroatoms. The second-order valence-electron chi connectivity index (χ2n) is 6.28. The normalized spacial score (nSPS) is 14.5. The maximum absolute atomic E-state index is 12.5. The van der Waals surface area contributed by atoms with Crippen LogP contribution in [-0.4, -0.2) is 47.2 Å². The number of furan rings is 1. The fraction of sp³-hybridized carbons (Fsp3) is 0.250. The van der Waals surface area contributed by atoms with E-state index in [4.69, 9.17) is 4.42 Å². The first-order valence-electron chi connectivity index (χ1n) is 8.74. The molecule has 1 aromatic carbocycles. The zero-order valence-electron chi connectivity index (χ0n) is 14.4. The molecule has 4 rings (SSSR count). The van der Waals surface area contributed by atoms with E-state index in [1.807, 2.05) is 59.5 Å². The van der Waals surface area contributed by atoms with E-state index in [0.717, 1.165) is 30.2 Å². The fourth-order valence-electron chi connectivity index (χ4n) is 3.12. The lowest BCUT2D eigenvalue weighted by atomic mass is 10.1. The Kier molecular flexibility index (Phi) is 4.64. The fourth-order valence-corrected chi connectivity index (χ4v) is 3.12. The van der Waals surface area contributed by atoms with E-state index in [9.17, 15) is 4.79 Å². The van der Waals surface area contributed by atoms with Crippen molar-refractivity contribution in [2.45, 2.75) is 6.42 Å². The molecule has 132 valence electrons. The number of rotatable bonds is 4. The quantitative estimate of drug-likeness (QED) is 0.725. The first-order chi connectivity index (χ1) is 12.8. The van der Waals surface area contributed by atoms with Gasteiger partial charge in [0, 0.05) is 26.2 Å². The summed E-state index contributed by atoms with van der Waals surface area (Å²) in [5.74, 6) is 1.71. The summed E-state index contributed by atoms with van der Waals surface area (Å²) in [5.41, 5.74) is 1.77. The molecule has 0 spiro atoms. The lowest BCUT2D eigenvalue weighted by Crippen LogP contribution is -2.49. The van der Waals surface area contributed by atoms with Gasteiger partial charge in [-0.05, 0) is 29.8 Å². The van der Waals surface area contributed by atoms with Crippen molar-refractivity contribution in [3.63, 3.8) is 0 Å². The lowest BCUT2D eigenvalue weighted by Gasteiger charge is -2.35. The summed E-state index contributed by atoms with van der Waals surface area (Å²) in [5, 5.41) is 8.55. The molecule has 0 saturated carbocycles. The minimum atomic E-state index is 0.176. The second kappa shape index (κ2) is 7.39. The van der Waals surface area contributed by atoms with Crippen LogP contribution in [0.5, 0.6) is 0 Å². The third-order valence-electron chi connectivity index (χ3n) is 4.58. The number of amides is 1. The number of carbonyl (C=O) groups is 1. The third-order valence-corrected chi connectivity index (χ3v) is 4.58. The summed E-state index contributed by atoms with van der Waals surface area (Å²) in [4.78, 5) is 16.5. The molecule has 2 aromatic heterocycles. The molecule has 0 N–H and O–H groups in total. The maximum Gasteiger partial charge on any atom is 0.227 e. The highest BCUT2D eigenvalue weighted by Crippen LogP contribution is 2.19. The first kappa shape index (κ1) is 16.3. The number of carbonyl (C=O) groups excluding carboxylic acids is 1. The molecule has 6 nitrogen and oxygen atoms in total. The Morgan fingerprint density at radius 2 is 1.73 bits per heavy atom. The Morgan fingerprint density at radius 3 is 2.38 bits per heavy atom. The van der Waals surface area contributed by atoms with E-state index in [1.165, 1.54) is 0 Å². The van der Waals surface area contributed by atoms with Crippen molar-refractivity contribution in [3.05, 3.63) is 66.4 Å². The molecular weight excluding hydrogens is 328 g/mol. The van der Waals surface area contributed by atoms with Crippen LogP contribution in [0.2, 0.25) is 0 Å². The standard InChI is InChI=1S/C20H20N4O2/c25-20(15-16-5-2-1-3-6-16)24-12-10-23(11-13-24)19-9-8-17(21-22-19)18-7-4-14-26-18/h1-9,14H,10-13,15H2. The van der Waals surface area contributed by atoms with Gasteiger partial charge in [-0.1, -0.05) is 30.3 Å². The predicted octanol–water partition coefficient (Wildman–Crippen LogP) is 2.63. The molecule has 0 bridgehead atoms. The van der Waals surface area contributed by atoms with E-state index in [-0.39, 0.29) is 5.91 Å².